The fraction of sp³-hybridized carbons (Fsp3) is 0.357. The number of hydrogen-bond acceptors (Lipinski definition) is 4. The lowest BCUT2D eigenvalue weighted by Gasteiger charge is -2.18. The first-order valence-corrected chi connectivity index (χ1v) is 8.03. The number of benzene rings is 1. The fourth-order valence-electron chi connectivity index (χ4n) is 2.60. The van der Waals surface area contributed by atoms with Crippen molar-refractivity contribution in [1.29, 1.82) is 0 Å². The Hall–Kier alpha value is -1.66. The minimum absolute atomic E-state index is 0.0426. The molecule has 0 radical (unpaired) electrons. The first-order valence-electron chi connectivity index (χ1n) is 6.59. The van der Waals surface area contributed by atoms with Crippen LogP contribution < -0.4 is 0 Å². The highest BCUT2D eigenvalue weighted by molar-refractivity contribution is 7.89. The molecule has 1 aliphatic heterocycles. The van der Waals surface area contributed by atoms with Crippen LogP contribution in [0.1, 0.15) is 18.4 Å². The summed E-state index contributed by atoms with van der Waals surface area (Å²) in [5, 5.41) is 10.5. The van der Waals surface area contributed by atoms with Gasteiger partial charge < -0.3 is 5.11 Å². The van der Waals surface area contributed by atoms with Crippen molar-refractivity contribution in [3.8, 4) is 5.75 Å². The SMILES string of the molecule is Cc1cc(S(=O)(=O)N2CCCC2)c2cccnc2c1O. The number of aryl methyl sites for hydroxylation is 1. The van der Waals surface area contributed by atoms with Gasteiger partial charge in [0.2, 0.25) is 10.0 Å². The Morgan fingerprint density at radius 2 is 2.00 bits per heavy atom. The summed E-state index contributed by atoms with van der Waals surface area (Å²) >= 11 is 0. The molecular weight excluding hydrogens is 276 g/mol. The van der Waals surface area contributed by atoms with Crippen LogP contribution in [0.2, 0.25) is 0 Å². The number of phenolic OH excluding ortho intramolecular Hbond substituents is 1. The zero-order chi connectivity index (χ0) is 14.3. The van der Waals surface area contributed by atoms with E-state index in [1.54, 1.807) is 25.3 Å². The quantitative estimate of drug-likeness (QED) is 0.919. The van der Waals surface area contributed by atoms with Gasteiger partial charge in [-0.2, -0.15) is 4.31 Å². The molecule has 106 valence electrons. The third kappa shape index (κ3) is 1.96. The van der Waals surface area contributed by atoms with E-state index in [1.807, 2.05) is 0 Å². The van der Waals surface area contributed by atoms with Crippen LogP contribution in [0.3, 0.4) is 0 Å². The Bertz CT molecular complexity index is 765. The minimum Gasteiger partial charge on any atom is -0.505 e. The number of nitrogens with zero attached hydrogens (tertiary/aromatic N) is 2. The molecule has 3 rings (SSSR count). The second-order valence-electron chi connectivity index (χ2n) is 5.05. The van der Waals surface area contributed by atoms with E-state index in [0.717, 1.165) is 12.8 Å². The highest BCUT2D eigenvalue weighted by Crippen LogP contribution is 2.34. The molecule has 1 aromatic carbocycles. The number of pyridine rings is 1. The van der Waals surface area contributed by atoms with E-state index in [-0.39, 0.29) is 10.6 Å². The molecule has 1 saturated heterocycles. The lowest BCUT2D eigenvalue weighted by molar-refractivity contribution is 0.473. The van der Waals surface area contributed by atoms with Crippen molar-refractivity contribution in [2.24, 2.45) is 0 Å². The van der Waals surface area contributed by atoms with Crippen molar-refractivity contribution in [2.75, 3.05) is 13.1 Å². The molecule has 1 aliphatic rings. The van der Waals surface area contributed by atoms with Gasteiger partial charge in [-0.1, -0.05) is 0 Å². The molecule has 2 aromatic rings. The highest BCUT2D eigenvalue weighted by atomic mass is 32.2. The molecule has 0 amide bonds. The Kier molecular flexibility index (Phi) is 3.14. The van der Waals surface area contributed by atoms with E-state index in [4.69, 9.17) is 0 Å². The molecular formula is C14H16N2O3S. The molecule has 1 N–H and O–H groups in total. The molecule has 0 aliphatic carbocycles. The zero-order valence-corrected chi connectivity index (χ0v) is 12.0. The van der Waals surface area contributed by atoms with Crippen molar-refractivity contribution in [2.45, 2.75) is 24.7 Å². The Balaban J connectivity index is 2.29. The average Bonchev–Trinajstić information content (AvgIpc) is 2.97. The predicted molar refractivity (Wildman–Crippen MR) is 76.1 cm³/mol. The smallest absolute Gasteiger partial charge is 0.243 e. The second-order valence-corrected chi connectivity index (χ2v) is 6.96. The lowest BCUT2D eigenvalue weighted by Crippen LogP contribution is -2.28. The van der Waals surface area contributed by atoms with Gasteiger partial charge in [-0.25, -0.2) is 8.42 Å². The summed E-state index contributed by atoms with van der Waals surface area (Å²) < 4.78 is 27.0. The van der Waals surface area contributed by atoms with E-state index in [1.165, 1.54) is 10.4 Å². The Morgan fingerprint density at radius 3 is 2.70 bits per heavy atom. The Morgan fingerprint density at radius 1 is 1.30 bits per heavy atom. The molecule has 1 fully saturated rings. The second kappa shape index (κ2) is 4.71. The number of aromatic hydroxyl groups is 1. The number of phenols is 1. The molecule has 1 aromatic heterocycles. The molecule has 0 saturated carbocycles. The number of aromatic nitrogens is 1. The van der Waals surface area contributed by atoms with Crippen LogP contribution in [0.15, 0.2) is 29.3 Å². The molecule has 0 atom stereocenters. The lowest BCUT2D eigenvalue weighted by atomic mass is 10.1. The first kappa shape index (κ1) is 13.3. The van der Waals surface area contributed by atoms with Crippen LogP contribution in [-0.4, -0.2) is 35.9 Å². The molecule has 0 bridgehead atoms. The van der Waals surface area contributed by atoms with Crippen molar-refractivity contribution in [1.82, 2.24) is 9.29 Å². The summed E-state index contributed by atoms with van der Waals surface area (Å²) in [6.07, 6.45) is 3.34. The summed E-state index contributed by atoms with van der Waals surface area (Å²) in [7, 11) is -3.52. The van der Waals surface area contributed by atoms with Gasteiger partial charge in [0.1, 0.15) is 11.3 Å². The van der Waals surface area contributed by atoms with E-state index in [2.05, 4.69) is 4.98 Å². The maximum Gasteiger partial charge on any atom is 0.243 e. The van der Waals surface area contributed by atoms with Crippen LogP contribution in [0.5, 0.6) is 5.75 Å². The van der Waals surface area contributed by atoms with E-state index in [0.29, 0.717) is 29.6 Å². The normalized spacial score (nSPS) is 16.9. The van der Waals surface area contributed by atoms with Crippen LogP contribution in [-0.2, 0) is 10.0 Å². The summed E-state index contributed by atoms with van der Waals surface area (Å²) in [6, 6.07) is 4.90. The number of rotatable bonds is 2. The van der Waals surface area contributed by atoms with E-state index >= 15 is 0 Å². The predicted octanol–water partition coefficient (Wildman–Crippen LogP) is 2.03. The summed E-state index contributed by atoms with van der Waals surface area (Å²) in [4.78, 5) is 4.34. The van der Waals surface area contributed by atoms with Gasteiger partial charge >= 0.3 is 0 Å². The third-order valence-corrected chi connectivity index (χ3v) is 5.64. The summed E-state index contributed by atoms with van der Waals surface area (Å²) in [5.74, 6) is 0.0426. The summed E-state index contributed by atoms with van der Waals surface area (Å²) in [6.45, 7) is 2.81. The maximum atomic E-state index is 12.7. The van der Waals surface area contributed by atoms with Crippen LogP contribution in [0, 0.1) is 6.92 Å². The molecule has 5 nitrogen and oxygen atoms in total. The monoisotopic (exact) mass is 292 g/mol. The number of sulfonamides is 1. The molecule has 2 heterocycles. The number of fused-ring (bicyclic) bond motifs is 1. The minimum atomic E-state index is -3.52. The average molecular weight is 292 g/mol. The van der Waals surface area contributed by atoms with Crippen molar-refractivity contribution in [3.63, 3.8) is 0 Å². The maximum absolute atomic E-state index is 12.7. The third-order valence-electron chi connectivity index (χ3n) is 3.70. The van der Waals surface area contributed by atoms with Gasteiger partial charge in [-0.05, 0) is 43.5 Å². The van der Waals surface area contributed by atoms with Gasteiger partial charge in [0.15, 0.2) is 0 Å². The Labute approximate surface area is 117 Å². The van der Waals surface area contributed by atoms with Gasteiger partial charge in [-0.15, -0.1) is 0 Å². The van der Waals surface area contributed by atoms with Gasteiger partial charge in [-0.3, -0.25) is 4.98 Å². The highest BCUT2D eigenvalue weighted by Gasteiger charge is 2.29. The largest absolute Gasteiger partial charge is 0.505 e. The molecule has 20 heavy (non-hydrogen) atoms. The fourth-order valence-corrected chi connectivity index (χ4v) is 4.39. The van der Waals surface area contributed by atoms with Gasteiger partial charge in [0.05, 0.1) is 4.90 Å². The summed E-state index contributed by atoms with van der Waals surface area (Å²) in [5.41, 5.74) is 0.860. The van der Waals surface area contributed by atoms with Crippen LogP contribution >= 0.6 is 0 Å². The van der Waals surface area contributed by atoms with Crippen molar-refractivity contribution >= 4 is 20.9 Å². The zero-order valence-electron chi connectivity index (χ0n) is 11.2. The van der Waals surface area contributed by atoms with Crippen molar-refractivity contribution < 1.29 is 13.5 Å². The molecule has 6 heteroatoms. The topological polar surface area (TPSA) is 70.5 Å². The standard InChI is InChI=1S/C14H16N2O3S/c1-10-9-12(20(18,19)16-7-2-3-8-16)11-5-4-6-15-13(11)14(10)17/h4-6,9,17H,2-3,7-8H2,1H3. The molecule has 0 unspecified atom stereocenters. The number of hydrogen-bond donors (Lipinski definition) is 1. The van der Waals surface area contributed by atoms with E-state index in [9.17, 15) is 13.5 Å². The first-order chi connectivity index (χ1) is 9.51. The van der Waals surface area contributed by atoms with E-state index < -0.39 is 10.0 Å². The molecule has 0 spiro atoms. The van der Waals surface area contributed by atoms with Crippen LogP contribution in [0.25, 0.3) is 10.9 Å². The van der Waals surface area contributed by atoms with Crippen molar-refractivity contribution in [3.05, 3.63) is 30.0 Å². The van der Waals surface area contributed by atoms with Gasteiger partial charge in [0, 0.05) is 24.7 Å². The van der Waals surface area contributed by atoms with Gasteiger partial charge in [0.25, 0.3) is 0 Å². The van der Waals surface area contributed by atoms with Crippen LogP contribution in [0.4, 0.5) is 0 Å².